The predicted octanol–water partition coefficient (Wildman–Crippen LogP) is 4.82. The summed E-state index contributed by atoms with van der Waals surface area (Å²) in [5.41, 5.74) is 6.55. The average molecular weight is 797 g/mol. The highest BCUT2D eigenvalue weighted by Gasteiger charge is 2.42. The number of alkyl carbamates (subject to hydrolysis) is 2. The first-order valence-electron chi connectivity index (χ1n) is 19.5. The van der Waals surface area contributed by atoms with Crippen molar-refractivity contribution in [2.75, 3.05) is 33.6 Å². The predicted molar refractivity (Wildman–Crippen MR) is 224 cm³/mol. The highest BCUT2D eigenvalue weighted by Crippen LogP contribution is 2.38. The van der Waals surface area contributed by atoms with E-state index in [2.05, 4.69) is 57.0 Å². The van der Waals surface area contributed by atoms with Crippen molar-refractivity contribution >= 4 is 49.2 Å². The minimum Gasteiger partial charge on any atom is -0.453 e. The summed E-state index contributed by atoms with van der Waals surface area (Å²) in [4.78, 5) is 71.8. The number of H-pyrrole nitrogens is 2. The van der Waals surface area contributed by atoms with E-state index in [0.29, 0.717) is 13.1 Å². The van der Waals surface area contributed by atoms with E-state index in [1.165, 1.54) is 14.2 Å². The van der Waals surface area contributed by atoms with E-state index in [1.807, 2.05) is 69.9 Å². The monoisotopic (exact) mass is 796 g/mol. The number of hydrogen-bond acceptors (Lipinski definition) is 9. The van der Waals surface area contributed by atoms with Crippen LogP contribution in [0.5, 0.6) is 0 Å². The van der Waals surface area contributed by atoms with Gasteiger partial charge in [0.15, 0.2) is 7.85 Å². The average Bonchev–Trinajstić information content (AvgIpc) is 4.04. The second-order valence-electron chi connectivity index (χ2n) is 15.4. The second kappa shape index (κ2) is 17.9. The highest BCUT2D eigenvalue weighted by molar-refractivity contribution is 7.99. The Morgan fingerprint density at radius 2 is 1.33 bits per heavy atom. The molecule has 2 aromatic carbocycles. The van der Waals surface area contributed by atoms with Gasteiger partial charge in [-0.1, -0.05) is 76.2 Å². The van der Waals surface area contributed by atoms with Crippen molar-refractivity contribution < 1.29 is 28.7 Å². The van der Waals surface area contributed by atoms with Crippen LogP contribution in [0.15, 0.2) is 54.7 Å². The van der Waals surface area contributed by atoms with Crippen molar-refractivity contribution in [3.05, 3.63) is 66.4 Å². The zero-order valence-electron chi connectivity index (χ0n) is 33.9. The number of thioether (sulfide) groups is 1. The summed E-state index contributed by atoms with van der Waals surface area (Å²) < 4.78 is 9.56. The van der Waals surface area contributed by atoms with Gasteiger partial charge in [-0.25, -0.2) is 19.6 Å². The second-order valence-corrected chi connectivity index (χ2v) is 16.6. The lowest BCUT2D eigenvalue weighted by Crippen LogP contribution is -2.51. The molecule has 0 radical (unpaired) electrons. The van der Waals surface area contributed by atoms with E-state index in [0.717, 1.165) is 70.1 Å². The van der Waals surface area contributed by atoms with Crippen LogP contribution in [-0.2, 0) is 19.1 Å². The molecule has 4 heterocycles. The maximum absolute atomic E-state index is 13.8. The molecule has 0 saturated carbocycles. The topological polar surface area (TPSA) is 175 Å². The molecular weight excluding hydrogens is 743 g/mol. The van der Waals surface area contributed by atoms with Crippen molar-refractivity contribution in [1.82, 2.24) is 40.4 Å². The van der Waals surface area contributed by atoms with E-state index in [4.69, 9.17) is 19.4 Å². The van der Waals surface area contributed by atoms with E-state index >= 15 is 0 Å². The minimum atomic E-state index is -0.709. The number of benzene rings is 2. The summed E-state index contributed by atoms with van der Waals surface area (Å²) in [6.45, 7) is 8.78. The van der Waals surface area contributed by atoms with Gasteiger partial charge in [0, 0.05) is 35.7 Å². The van der Waals surface area contributed by atoms with Gasteiger partial charge in [0.05, 0.1) is 37.7 Å². The number of nitrogens with zero attached hydrogens (tertiary/aromatic N) is 4. The first-order chi connectivity index (χ1) is 27.3. The van der Waals surface area contributed by atoms with Gasteiger partial charge in [0.25, 0.3) is 0 Å². The number of methoxy groups -OCH3 is 2. The molecule has 0 bridgehead atoms. The third-order valence-corrected chi connectivity index (χ3v) is 12.0. The fourth-order valence-corrected chi connectivity index (χ4v) is 8.46. The molecule has 2 aliphatic heterocycles. The quantitative estimate of drug-likeness (QED) is 0.147. The SMILES string of the molecule is Bc1[nH]c([C@@H]2CCCN2C(=O)[C@@H](NC(=O)OC)C(C)C)nc1-c1ccc(-c2ccc(-c3c[nH]c([C@@H]4C[C@H](SC)CN4C(=O)[C@@H](NC(=O)OC)C(C)C)n3)cc2)cc1. The van der Waals surface area contributed by atoms with Crippen molar-refractivity contribution in [1.29, 1.82) is 0 Å². The number of rotatable bonds is 12. The van der Waals surface area contributed by atoms with Crippen LogP contribution in [0, 0.1) is 11.8 Å². The largest absolute Gasteiger partial charge is 0.453 e. The Bertz CT molecular complexity index is 2050. The van der Waals surface area contributed by atoms with Crippen molar-refractivity contribution in [2.45, 2.75) is 76.4 Å². The number of likely N-dealkylation sites (tertiary alicyclic amines) is 2. The Morgan fingerprint density at radius 1 is 0.789 bits per heavy atom. The molecule has 2 fully saturated rings. The lowest BCUT2D eigenvalue weighted by Gasteiger charge is -2.30. The third-order valence-electron chi connectivity index (χ3n) is 11.0. The van der Waals surface area contributed by atoms with Crippen molar-refractivity contribution in [3.8, 4) is 33.6 Å². The number of amides is 4. The number of carbonyl (C=O) groups is 4. The number of aromatic amines is 2. The molecule has 2 saturated heterocycles. The van der Waals surface area contributed by atoms with Gasteiger partial charge in [0.1, 0.15) is 23.7 Å². The summed E-state index contributed by atoms with van der Waals surface area (Å²) in [5.74, 6) is 0.939. The molecule has 16 heteroatoms. The summed E-state index contributed by atoms with van der Waals surface area (Å²) in [6, 6.07) is 14.6. The first kappa shape index (κ1) is 41.4. The van der Waals surface area contributed by atoms with Gasteiger partial charge in [-0.2, -0.15) is 11.8 Å². The molecule has 2 aromatic heterocycles. The molecule has 0 spiro atoms. The van der Waals surface area contributed by atoms with Crippen LogP contribution in [0.3, 0.4) is 0 Å². The Hall–Kier alpha value is -5.25. The van der Waals surface area contributed by atoms with Crippen molar-refractivity contribution in [2.24, 2.45) is 11.8 Å². The van der Waals surface area contributed by atoms with Crippen LogP contribution in [0.2, 0.25) is 0 Å². The van der Waals surface area contributed by atoms with Gasteiger partial charge in [0.2, 0.25) is 11.8 Å². The molecule has 0 aliphatic carbocycles. The molecule has 5 atom stereocenters. The Morgan fingerprint density at radius 3 is 1.88 bits per heavy atom. The molecular formula is C41H53BN8O6S. The molecule has 57 heavy (non-hydrogen) atoms. The molecule has 4 aromatic rings. The van der Waals surface area contributed by atoms with E-state index in [1.54, 1.807) is 11.8 Å². The molecule has 0 unspecified atom stereocenters. The Balaban J connectivity index is 1.14. The number of imidazole rings is 2. The molecule has 14 nitrogen and oxygen atoms in total. The lowest BCUT2D eigenvalue weighted by molar-refractivity contribution is -0.136. The van der Waals surface area contributed by atoms with Gasteiger partial charge >= 0.3 is 12.2 Å². The smallest absolute Gasteiger partial charge is 0.407 e. The van der Waals surface area contributed by atoms with Crippen LogP contribution in [0.1, 0.15) is 70.7 Å². The Labute approximate surface area is 339 Å². The minimum absolute atomic E-state index is 0.109. The van der Waals surface area contributed by atoms with Gasteiger partial charge < -0.3 is 39.9 Å². The number of nitrogens with one attached hydrogen (secondary N) is 4. The fourth-order valence-electron chi connectivity index (χ4n) is 7.77. The number of aromatic nitrogens is 4. The zero-order valence-corrected chi connectivity index (χ0v) is 34.7. The fraction of sp³-hybridized carbons (Fsp3) is 0.463. The van der Waals surface area contributed by atoms with E-state index in [-0.39, 0.29) is 41.0 Å². The van der Waals surface area contributed by atoms with Gasteiger partial charge in [-0.15, -0.1) is 0 Å². The van der Waals surface area contributed by atoms with Crippen LogP contribution < -0.4 is 16.2 Å². The first-order valence-corrected chi connectivity index (χ1v) is 20.8. The van der Waals surface area contributed by atoms with Crippen LogP contribution >= 0.6 is 11.8 Å². The molecule has 4 amide bonds. The zero-order chi connectivity index (χ0) is 41.0. The summed E-state index contributed by atoms with van der Waals surface area (Å²) in [5, 5.41) is 5.67. The highest BCUT2D eigenvalue weighted by atomic mass is 32.2. The van der Waals surface area contributed by atoms with Crippen LogP contribution in [-0.4, -0.2) is 112 Å². The Kier molecular flexibility index (Phi) is 13.0. The lowest BCUT2D eigenvalue weighted by atomic mass is 9.96. The standard InChI is InChI=1S/C41H53BN8O6S/c1-22(2)32(46-40(53)55-5)38(51)49-18-8-9-30(49)37-45-34(35(42)48-37)27-16-12-25(13-17-27)24-10-14-26(15-11-24)29-20-43-36(44-29)31-19-28(57-7)21-50(31)39(52)33(23(3)4)47-41(54)56-6/h10-17,20,22-23,28,30-33H,8-9,18-19,21,42H2,1-7H3,(H,43,44)(H,45,48)(H,46,53)(H,47,54)/t28-,30-,31-,32-,33-/m0/s1. The molecule has 4 N–H and O–H groups in total. The number of carbonyl (C=O) groups excluding carboxylic acids is 4. The maximum Gasteiger partial charge on any atom is 0.407 e. The normalized spacial score (nSPS) is 19.1. The summed E-state index contributed by atoms with van der Waals surface area (Å²) >= 11 is 1.72. The number of hydrogen-bond donors (Lipinski definition) is 4. The van der Waals surface area contributed by atoms with Gasteiger partial charge in [-0.3, -0.25) is 9.59 Å². The van der Waals surface area contributed by atoms with Crippen LogP contribution in [0.4, 0.5) is 9.59 Å². The molecule has 2 aliphatic rings. The van der Waals surface area contributed by atoms with Crippen LogP contribution in [0.25, 0.3) is 33.6 Å². The van der Waals surface area contributed by atoms with Crippen molar-refractivity contribution in [3.63, 3.8) is 0 Å². The third kappa shape index (κ3) is 9.00. The van der Waals surface area contributed by atoms with E-state index < -0.39 is 24.3 Å². The molecule has 6 rings (SSSR count). The summed E-state index contributed by atoms with van der Waals surface area (Å²) in [6.07, 6.45) is 5.05. The maximum atomic E-state index is 13.8. The number of ether oxygens (including phenoxy) is 2. The van der Waals surface area contributed by atoms with Gasteiger partial charge in [-0.05, 0) is 54.1 Å². The molecule has 302 valence electrons. The summed E-state index contributed by atoms with van der Waals surface area (Å²) in [7, 11) is 4.57. The van der Waals surface area contributed by atoms with E-state index in [9.17, 15) is 19.2 Å².